The molecule has 5 nitrogen and oxygen atoms in total. The number of alkyl halides is 3. The minimum Gasteiger partial charge on any atom is -0.506 e. The van der Waals surface area contributed by atoms with Crippen LogP contribution in [-0.2, 0) is 12.8 Å². The quantitative estimate of drug-likeness (QED) is 0.233. The summed E-state index contributed by atoms with van der Waals surface area (Å²) >= 11 is 5.83. The van der Waals surface area contributed by atoms with Crippen LogP contribution >= 0.6 is 11.6 Å². The summed E-state index contributed by atoms with van der Waals surface area (Å²) in [6.45, 7) is 0.0980. The molecule has 4 rings (SSSR count). The SMILES string of the molecule is O=C(NN=Cc1ccc(OCc2ccc(C(F)(F)F)cc2)c2ccccc12)c1ccc(O)c(Cl)c1. The first kappa shape index (κ1) is 24.1. The first-order chi connectivity index (χ1) is 16.7. The Kier molecular flexibility index (Phi) is 6.93. The average molecular weight is 499 g/mol. The summed E-state index contributed by atoms with van der Waals surface area (Å²) in [6.07, 6.45) is -2.90. The second-order valence-corrected chi connectivity index (χ2v) is 7.95. The Morgan fingerprint density at radius 1 is 1.00 bits per heavy atom. The zero-order valence-corrected chi connectivity index (χ0v) is 18.8. The van der Waals surface area contributed by atoms with Crippen LogP contribution in [0.2, 0.25) is 5.02 Å². The van der Waals surface area contributed by atoms with E-state index in [9.17, 15) is 23.1 Å². The van der Waals surface area contributed by atoms with Crippen molar-refractivity contribution < 1.29 is 27.8 Å². The van der Waals surface area contributed by atoms with E-state index in [2.05, 4.69) is 10.5 Å². The number of carbonyl (C=O) groups excluding carboxylic acids is 1. The van der Waals surface area contributed by atoms with Gasteiger partial charge in [0.15, 0.2) is 0 Å². The number of nitrogens with zero attached hydrogens (tertiary/aromatic N) is 1. The number of benzene rings is 4. The lowest BCUT2D eigenvalue weighted by Gasteiger charge is -2.12. The first-order valence-corrected chi connectivity index (χ1v) is 10.7. The number of phenols is 1. The summed E-state index contributed by atoms with van der Waals surface area (Å²) in [5.41, 5.74) is 3.26. The minimum absolute atomic E-state index is 0.0551. The summed E-state index contributed by atoms with van der Waals surface area (Å²) in [5, 5.41) is 15.1. The lowest BCUT2D eigenvalue weighted by molar-refractivity contribution is -0.137. The normalized spacial score (nSPS) is 11.7. The molecule has 0 bridgehead atoms. The van der Waals surface area contributed by atoms with Gasteiger partial charge in [0, 0.05) is 16.5 Å². The molecule has 2 N–H and O–H groups in total. The molecule has 1 amide bonds. The molecular formula is C26H18ClF3N2O3. The van der Waals surface area contributed by atoms with Gasteiger partial charge in [-0.25, -0.2) is 5.43 Å². The zero-order chi connectivity index (χ0) is 25.0. The third-order valence-electron chi connectivity index (χ3n) is 5.17. The fourth-order valence-corrected chi connectivity index (χ4v) is 3.54. The maximum atomic E-state index is 12.8. The Hall–Kier alpha value is -4.04. The fourth-order valence-electron chi connectivity index (χ4n) is 3.36. The lowest BCUT2D eigenvalue weighted by Crippen LogP contribution is -2.17. The van der Waals surface area contributed by atoms with Crippen molar-refractivity contribution in [2.75, 3.05) is 0 Å². The molecule has 0 radical (unpaired) electrons. The number of halogens is 4. The lowest BCUT2D eigenvalue weighted by atomic mass is 10.0. The molecule has 0 aliphatic rings. The van der Waals surface area contributed by atoms with E-state index in [0.717, 1.165) is 22.9 Å². The number of ether oxygens (including phenoxy) is 1. The number of hydrazone groups is 1. The minimum atomic E-state index is -4.39. The molecule has 0 aliphatic heterocycles. The van der Waals surface area contributed by atoms with Gasteiger partial charge in [0.1, 0.15) is 18.1 Å². The summed E-state index contributed by atoms with van der Waals surface area (Å²) in [7, 11) is 0. The molecule has 0 atom stereocenters. The van der Waals surface area contributed by atoms with Gasteiger partial charge in [0.2, 0.25) is 0 Å². The van der Waals surface area contributed by atoms with Crippen molar-refractivity contribution >= 4 is 34.5 Å². The molecule has 0 fully saturated rings. The highest BCUT2D eigenvalue weighted by Gasteiger charge is 2.29. The van der Waals surface area contributed by atoms with Crippen LogP contribution in [0.1, 0.15) is 27.0 Å². The van der Waals surface area contributed by atoms with Gasteiger partial charge in [-0.2, -0.15) is 18.3 Å². The van der Waals surface area contributed by atoms with Crippen molar-refractivity contribution in [1.29, 1.82) is 0 Å². The number of fused-ring (bicyclic) bond motifs is 1. The predicted octanol–water partition coefficient (Wildman–Crippen LogP) is 6.56. The van der Waals surface area contributed by atoms with Crippen molar-refractivity contribution in [3.63, 3.8) is 0 Å². The second-order valence-electron chi connectivity index (χ2n) is 7.55. The van der Waals surface area contributed by atoms with E-state index in [1.54, 1.807) is 12.1 Å². The highest BCUT2D eigenvalue weighted by Crippen LogP contribution is 2.31. The molecule has 0 unspecified atom stereocenters. The largest absolute Gasteiger partial charge is 0.506 e. The van der Waals surface area contributed by atoms with Crippen LogP contribution in [0.25, 0.3) is 10.8 Å². The number of nitrogens with one attached hydrogen (secondary N) is 1. The molecule has 178 valence electrons. The van der Waals surface area contributed by atoms with Crippen LogP contribution in [-0.4, -0.2) is 17.2 Å². The average Bonchev–Trinajstić information content (AvgIpc) is 2.84. The van der Waals surface area contributed by atoms with Crippen molar-refractivity contribution in [1.82, 2.24) is 5.43 Å². The van der Waals surface area contributed by atoms with Crippen molar-refractivity contribution in [2.24, 2.45) is 5.10 Å². The van der Waals surface area contributed by atoms with E-state index in [1.165, 1.54) is 36.5 Å². The maximum Gasteiger partial charge on any atom is 0.416 e. The molecule has 0 spiro atoms. The number of carbonyl (C=O) groups is 1. The highest BCUT2D eigenvalue weighted by atomic mass is 35.5. The van der Waals surface area contributed by atoms with E-state index in [0.29, 0.717) is 16.9 Å². The number of rotatable bonds is 6. The van der Waals surface area contributed by atoms with Gasteiger partial charge in [-0.1, -0.05) is 48.0 Å². The van der Waals surface area contributed by atoms with Crippen molar-refractivity contribution in [3.8, 4) is 11.5 Å². The highest BCUT2D eigenvalue weighted by molar-refractivity contribution is 6.32. The Bertz CT molecular complexity index is 1400. The third kappa shape index (κ3) is 5.73. The molecule has 4 aromatic carbocycles. The van der Waals surface area contributed by atoms with Crippen LogP contribution in [0.4, 0.5) is 13.2 Å². The van der Waals surface area contributed by atoms with Gasteiger partial charge in [-0.3, -0.25) is 4.79 Å². The first-order valence-electron chi connectivity index (χ1n) is 10.3. The van der Waals surface area contributed by atoms with Crippen LogP contribution < -0.4 is 10.2 Å². The Morgan fingerprint density at radius 3 is 2.40 bits per heavy atom. The number of amides is 1. The standard InChI is InChI=1S/C26H18ClF3N2O3/c27-22-13-17(7-11-23(22)33)25(34)32-31-14-18-8-12-24(21-4-2-1-3-20(18)21)35-15-16-5-9-19(10-6-16)26(28,29)30/h1-14,33H,15H2,(H,32,34). The molecule has 35 heavy (non-hydrogen) atoms. The van der Waals surface area contributed by atoms with Crippen LogP contribution in [0.15, 0.2) is 84.0 Å². The fraction of sp³-hybridized carbons (Fsp3) is 0.0769. The number of hydrogen-bond donors (Lipinski definition) is 2. The monoisotopic (exact) mass is 498 g/mol. The van der Waals surface area contributed by atoms with Gasteiger partial charge in [-0.05, 0) is 53.4 Å². The molecule has 0 saturated carbocycles. The number of aromatic hydroxyl groups is 1. The molecule has 9 heteroatoms. The number of phenolic OH excluding ortho intramolecular Hbond substituents is 1. The maximum absolute atomic E-state index is 12.8. The zero-order valence-electron chi connectivity index (χ0n) is 18.0. The van der Waals surface area contributed by atoms with E-state index in [4.69, 9.17) is 16.3 Å². The van der Waals surface area contributed by atoms with E-state index < -0.39 is 17.6 Å². The Balaban J connectivity index is 1.48. The van der Waals surface area contributed by atoms with Gasteiger partial charge >= 0.3 is 6.18 Å². The molecular weight excluding hydrogens is 481 g/mol. The molecule has 0 saturated heterocycles. The van der Waals surface area contributed by atoms with E-state index in [-0.39, 0.29) is 22.9 Å². The molecule has 0 aromatic heterocycles. The summed E-state index contributed by atoms with van der Waals surface area (Å²) < 4.78 is 44.1. The van der Waals surface area contributed by atoms with Crippen LogP contribution in [0.3, 0.4) is 0 Å². The van der Waals surface area contributed by atoms with Crippen LogP contribution in [0, 0.1) is 0 Å². The smallest absolute Gasteiger partial charge is 0.416 e. The van der Waals surface area contributed by atoms with Gasteiger partial charge in [-0.15, -0.1) is 0 Å². The van der Waals surface area contributed by atoms with Gasteiger partial charge < -0.3 is 9.84 Å². The van der Waals surface area contributed by atoms with Gasteiger partial charge in [0.25, 0.3) is 5.91 Å². The Labute approximate surface area is 203 Å². The van der Waals surface area contributed by atoms with E-state index in [1.807, 2.05) is 24.3 Å². The summed E-state index contributed by atoms with van der Waals surface area (Å²) in [6, 6.07) is 19.8. The second kappa shape index (κ2) is 10.1. The number of hydrogen-bond acceptors (Lipinski definition) is 4. The molecule has 0 heterocycles. The summed E-state index contributed by atoms with van der Waals surface area (Å²) in [4.78, 5) is 12.3. The van der Waals surface area contributed by atoms with Crippen molar-refractivity contribution in [2.45, 2.75) is 12.8 Å². The molecule has 4 aromatic rings. The molecule has 0 aliphatic carbocycles. The van der Waals surface area contributed by atoms with Crippen molar-refractivity contribution in [3.05, 3.63) is 106 Å². The van der Waals surface area contributed by atoms with E-state index >= 15 is 0 Å². The summed E-state index contributed by atoms with van der Waals surface area (Å²) in [5.74, 6) is -0.0665. The Morgan fingerprint density at radius 2 is 1.71 bits per heavy atom. The van der Waals surface area contributed by atoms with Gasteiger partial charge in [0.05, 0.1) is 16.8 Å². The third-order valence-corrected chi connectivity index (χ3v) is 5.48. The topological polar surface area (TPSA) is 70.9 Å². The van der Waals surface area contributed by atoms with Crippen LogP contribution in [0.5, 0.6) is 11.5 Å². The predicted molar refractivity (Wildman–Crippen MR) is 128 cm³/mol.